The van der Waals surface area contributed by atoms with Crippen LogP contribution in [0.2, 0.25) is 0 Å². The average molecular weight is 483 g/mol. The van der Waals surface area contributed by atoms with E-state index in [0.717, 1.165) is 29.8 Å². The number of piperidine rings is 1. The summed E-state index contributed by atoms with van der Waals surface area (Å²) >= 11 is 0. The second kappa shape index (κ2) is 10.2. The molecule has 0 saturated carbocycles. The normalized spacial score (nSPS) is 17.3. The minimum absolute atomic E-state index is 0.149. The molecule has 1 aliphatic heterocycles. The zero-order chi connectivity index (χ0) is 25.0. The first-order valence-corrected chi connectivity index (χ1v) is 11.2. The molecule has 1 unspecified atom stereocenters. The number of nitrogens with one attached hydrogen (secondary N) is 1. The third-order valence-electron chi connectivity index (χ3n) is 5.68. The number of aryl methyl sites for hydroxylation is 1. The number of halogens is 3. The number of alkyl halides is 3. The van der Waals surface area contributed by atoms with Gasteiger partial charge in [-0.2, -0.15) is 13.2 Å². The second-order valence-corrected chi connectivity index (χ2v) is 8.55. The molecule has 4 rings (SSSR count). The van der Waals surface area contributed by atoms with Gasteiger partial charge in [0.2, 0.25) is 0 Å². The van der Waals surface area contributed by atoms with E-state index < -0.39 is 11.9 Å². The van der Waals surface area contributed by atoms with Crippen molar-refractivity contribution < 1.29 is 22.7 Å². The number of hydrogen-bond acceptors (Lipinski definition) is 4. The van der Waals surface area contributed by atoms with Gasteiger partial charge in [0.1, 0.15) is 17.2 Å². The maximum Gasteiger partial charge on any atom is 0.433 e. The molecule has 2 aromatic heterocycles. The van der Waals surface area contributed by atoms with Gasteiger partial charge in [0.25, 0.3) is 0 Å². The lowest BCUT2D eigenvalue weighted by Gasteiger charge is -2.33. The number of carbonyl (C=O) groups excluding carboxylic acids is 1. The number of aromatic nitrogens is 2. The van der Waals surface area contributed by atoms with Crippen LogP contribution in [0.3, 0.4) is 0 Å². The number of pyridine rings is 2. The van der Waals surface area contributed by atoms with Crippen LogP contribution in [0.5, 0.6) is 11.5 Å². The van der Waals surface area contributed by atoms with Gasteiger partial charge < -0.3 is 15.0 Å². The molecule has 35 heavy (non-hydrogen) atoms. The van der Waals surface area contributed by atoms with Gasteiger partial charge in [0, 0.05) is 19.3 Å². The Morgan fingerprint density at radius 3 is 2.66 bits per heavy atom. The Kier molecular flexibility index (Phi) is 7.04. The number of anilines is 1. The van der Waals surface area contributed by atoms with Crippen LogP contribution in [0.4, 0.5) is 23.7 Å². The molecule has 182 valence electrons. The lowest BCUT2D eigenvalue weighted by Crippen LogP contribution is -2.42. The maximum absolute atomic E-state index is 12.7. The second-order valence-electron chi connectivity index (χ2n) is 8.55. The molecule has 0 spiro atoms. The molecular weight excluding hydrogens is 457 g/mol. The summed E-state index contributed by atoms with van der Waals surface area (Å²) in [6.07, 6.45) is 2.73. The van der Waals surface area contributed by atoms with E-state index in [0.29, 0.717) is 24.5 Å². The number of benzene rings is 1. The van der Waals surface area contributed by atoms with Gasteiger partial charge in [-0.15, -0.1) is 0 Å². The number of rotatable bonds is 4. The summed E-state index contributed by atoms with van der Waals surface area (Å²) in [5.74, 6) is 0.880. The molecule has 0 radical (unpaired) electrons. The van der Waals surface area contributed by atoms with Crippen molar-refractivity contribution in [3.63, 3.8) is 0 Å². The Bertz CT molecular complexity index is 1230. The van der Waals surface area contributed by atoms with Crippen molar-refractivity contribution in [1.29, 1.82) is 0 Å². The van der Waals surface area contributed by atoms with Gasteiger partial charge in [-0.1, -0.05) is 30.7 Å². The van der Waals surface area contributed by atoms with Crippen LogP contribution in [-0.2, 0) is 6.18 Å². The molecule has 1 saturated heterocycles. The molecule has 1 aliphatic rings. The molecule has 1 atom stereocenters. The molecule has 1 aromatic carbocycles. The van der Waals surface area contributed by atoms with Crippen molar-refractivity contribution >= 4 is 17.8 Å². The Morgan fingerprint density at radius 2 is 1.97 bits per heavy atom. The minimum Gasteiger partial charge on any atom is -0.456 e. The molecule has 1 fully saturated rings. The number of likely N-dealkylation sites (tertiary alicyclic amines) is 1. The average Bonchev–Trinajstić information content (AvgIpc) is 2.80. The molecule has 3 heterocycles. The Morgan fingerprint density at radius 1 is 1.14 bits per heavy atom. The van der Waals surface area contributed by atoms with E-state index in [2.05, 4.69) is 28.3 Å². The predicted octanol–water partition coefficient (Wildman–Crippen LogP) is 6.55. The monoisotopic (exact) mass is 482 g/mol. The largest absolute Gasteiger partial charge is 0.456 e. The number of urea groups is 1. The third-order valence-corrected chi connectivity index (χ3v) is 5.68. The summed E-state index contributed by atoms with van der Waals surface area (Å²) in [7, 11) is 0. The van der Waals surface area contributed by atoms with Crippen LogP contribution >= 0.6 is 0 Å². The molecule has 0 bridgehead atoms. The summed E-state index contributed by atoms with van der Waals surface area (Å²) in [4.78, 5) is 22.0. The van der Waals surface area contributed by atoms with Crippen LogP contribution in [0.1, 0.15) is 30.2 Å². The minimum atomic E-state index is -4.49. The number of ether oxygens (including phenoxy) is 1. The zero-order valence-electron chi connectivity index (χ0n) is 19.3. The first-order chi connectivity index (χ1) is 16.7. The summed E-state index contributed by atoms with van der Waals surface area (Å²) in [5, 5.41) is 2.90. The molecule has 9 heteroatoms. The molecule has 3 aromatic rings. The van der Waals surface area contributed by atoms with E-state index in [1.165, 1.54) is 11.6 Å². The SMILES string of the molecule is Cc1cncc(NC(=O)N2CCC(=Cc3cccc(Oc4ccc(C(F)(F)F)nc4)c3)C(C)C2)c1. The van der Waals surface area contributed by atoms with Crippen molar-refractivity contribution in [2.45, 2.75) is 26.4 Å². The van der Waals surface area contributed by atoms with Crippen LogP contribution in [0, 0.1) is 12.8 Å². The Balaban J connectivity index is 1.38. The number of amides is 2. The van der Waals surface area contributed by atoms with Crippen molar-refractivity contribution in [3.05, 3.63) is 83.4 Å². The number of carbonyl (C=O) groups is 1. The van der Waals surface area contributed by atoms with E-state index >= 15 is 0 Å². The van der Waals surface area contributed by atoms with Gasteiger partial charge >= 0.3 is 12.2 Å². The van der Waals surface area contributed by atoms with Gasteiger partial charge in [0.05, 0.1) is 18.1 Å². The van der Waals surface area contributed by atoms with Crippen molar-refractivity contribution in [2.75, 3.05) is 18.4 Å². The van der Waals surface area contributed by atoms with Crippen molar-refractivity contribution in [1.82, 2.24) is 14.9 Å². The summed E-state index contributed by atoms with van der Waals surface area (Å²) in [5.41, 5.74) is 2.80. The fourth-order valence-electron chi connectivity index (χ4n) is 3.90. The summed E-state index contributed by atoms with van der Waals surface area (Å²) < 4.78 is 43.8. The Labute approximate surface area is 201 Å². The predicted molar refractivity (Wildman–Crippen MR) is 127 cm³/mol. The number of hydrogen-bond donors (Lipinski definition) is 1. The van der Waals surface area contributed by atoms with Crippen LogP contribution < -0.4 is 10.1 Å². The van der Waals surface area contributed by atoms with Crippen LogP contribution in [-0.4, -0.2) is 34.0 Å². The van der Waals surface area contributed by atoms with Crippen LogP contribution in [0.15, 0.2) is 66.6 Å². The van der Waals surface area contributed by atoms with E-state index in [9.17, 15) is 18.0 Å². The van der Waals surface area contributed by atoms with Gasteiger partial charge in [0.15, 0.2) is 0 Å². The van der Waals surface area contributed by atoms with Gasteiger partial charge in [-0.25, -0.2) is 9.78 Å². The van der Waals surface area contributed by atoms with Gasteiger partial charge in [-0.05, 0) is 60.7 Å². The topological polar surface area (TPSA) is 67.4 Å². The van der Waals surface area contributed by atoms with Gasteiger partial charge in [-0.3, -0.25) is 4.98 Å². The molecule has 0 aliphatic carbocycles. The van der Waals surface area contributed by atoms with E-state index in [1.54, 1.807) is 23.4 Å². The lowest BCUT2D eigenvalue weighted by atomic mass is 9.91. The fraction of sp³-hybridized carbons (Fsp3) is 0.269. The Hall–Kier alpha value is -3.88. The highest BCUT2D eigenvalue weighted by atomic mass is 19.4. The first kappa shape index (κ1) is 24.3. The van der Waals surface area contributed by atoms with E-state index in [1.807, 2.05) is 31.2 Å². The summed E-state index contributed by atoms with van der Waals surface area (Å²) in [6, 6.07) is 11.2. The highest BCUT2D eigenvalue weighted by Crippen LogP contribution is 2.30. The van der Waals surface area contributed by atoms with E-state index in [4.69, 9.17) is 4.74 Å². The third kappa shape index (κ3) is 6.38. The fourth-order valence-corrected chi connectivity index (χ4v) is 3.90. The molecule has 1 N–H and O–H groups in total. The quantitative estimate of drug-likeness (QED) is 0.458. The standard InChI is InChI=1S/C26H25F3N4O2/c1-17-10-21(14-30-13-17)32-25(34)33-9-8-20(18(2)16-33)11-19-4-3-5-22(12-19)35-23-6-7-24(31-15-23)26(27,28)29/h3-7,10-15,18H,8-9,16H2,1-2H3,(H,32,34). The molecule has 6 nitrogen and oxygen atoms in total. The molecule has 2 amide bonds. The van der Waals surface area contributed by atoms with Crippen LogP contribution in [0.25, 0.3) is 6.08 Å². The highest BCUT2D eigenvalue weighted by molar-refractivity contribution is 5.89. The highest BCUT2D eigenvalue weighted by Gasteiger charge is 2.32. The van der Waals surface area contributed by atoms with Crippen molar-refractivity contribution in [2.24, 2.45) is 5.92 Å². The van der Waals surface area contributed by atoms with Crippen molar-refractivity contribution in [3.8, 4) is 11.5 Å². The maximum atomic E-state index is 12.7. The smallest absolute Gasteiger partial charge is 0.433 e. The summed E-state index contributed by atoms with van der Waals surface area (Å²) in [6.45, 7) is 5.18. The number of nitrogens with zero attached hydrogens (tertiary/aromatic N) is 3. The molecular formula is C26H25F3N4O2. The zero-order valence-corrected chi connectivity index (χ0v) is 19.3. The first-order valence-electron chi connectivity index (χ1n) is 11.2. The lowest BCUT2D eigenvalue weighted by molar-refractivity contribution is -0.141. The van der Waals surface area contributed by atoms with E-state index in [-0.39, 0.29) is 17.7 Å².